The van der Waals surface area contributed by atoms with Gasteiger partial charge in [0.05, 0.1) is 26.0 Å². The third-order valence-electron chi connectivity index (χ3n) is 3.72. The van der Waals surface area contributed by atoms with Crippen LogP contribution in [0, 0.1) is 0 Å². The number of aliphatic hydroxyl groups excluding tert-OH is 1. The topological polar surface area (TPSA) is 50.5 Å². The zero-order valence-electron chi connectivity index (χ0n) is 14.0. The Balaban J connectivity index is 2.58. The zero-order chi connectivity index (χ0) is 15.7. The standard InChI is InChI=1S/C16H31N3O2/c1-5-6-7-8-9-10-14(20)16-15(21-4)13-17-19(16)12-11-18(2)3/h13-14,20H,5-12H2,1-4H3. The first-order chi connectivity index (χ1) is 10.1. The average molecular weight is 297 g/mol. The highest BCUT2D eigenvalue weighted by atomic mass is 16.5. The summed E-state index contributed by atoms with van der Waals surface area (Å²) in [5.41, 5.74) is 0.815. The van der Waals surface area contributed by atoms with Crippen LogP contribution < -0.4 is 4.74 Å². The molecule has 1 atom stereocenters. The van der Waals surface area contributed by atoms with Crippen molar-refractivity contribution in [3.8, 4) is 5.75 Å². The maximum atomic E-state index is 10.5. The minimum atomic E-state index is -0.494. The van der Waals surface area contributed by atoms with E-state index in [4.69, 9.17) is 4.74 Å². The summed E-state index contributed by atoms with van der Waals surface area (Å²) in [7, 11) is 5.69. The molecule has 0 aliphatic rings. The minimum Gasteiger partial charge on any atom is -0.493 e. The van der Waals surface area contributed by atoms with Crippen molar-refractivity contribution in [2.24, 2.45) is 0 Å². The lowest BCUT2D eigenvalue weighted by Gasteiger charge is -2.16. The second-order valence-electron chi connectivity index (χ2n) is 5.84. The normalized spacial score (nSPS) is 12.9. The number of likely N-dealkylation sites (N-methyl/N-ethyl adjacent to an activating group) is 1. The maximum Gasteiger partial charge on any atom is 0.162 e. The SMILES string of the molecule is CCCCCCCC(O)c1c(OC)cnn1CCN(C)C. The predicted molar refractivity (Wildman–Crippen MR) is 85.7 cm³/mol. The lowest BCUT2D eigenvalue weighted by molar-refractivity contribution is 0.147. The highest BCUT2D eigenvalue weighted by Crippen LogP contribution is 2.28. The van der Waals surface area contributed by atoms with Gasteiger partial charge in [-0.15, -0.1) is 0 Å². The van der Waals surface area contributed by atoms with Crippen LogP contribution in [-0.2, 0) is 6.54 Å². The molecule has 1 rings (SSSR count). The van der Waals surface area contributed by atoms with E-state index in [0.29, 0.717) is 5.75 Å². The number of rotatable bonds is 11. The Kier molecular flexibility index (Phi) is 8.38. The van der Waals surface area contributed by atoms with Gasteiger partial charge < -0.3 is 14.7 Å². The maximum absolute atomic E-state index is 10.5. The van der Waals surface area contributed by atoms with Crippen molar-refractivity contribution in [1.82, 2.24) is 14.7 Å². The molecule has 1 N–H and O–H groups in total. The molecule has 21 heavy (non-hydrogen) atoms. The summed E-state index contributed by atoms with van der Waals surface area (Å²) in [6.07, 6.45) is 7.97. The van der Waals surface area contributed by atoms with Crippen LogP contribution in [-0.4, -0.2) is 47.5 Å². The number of hydrogen-bond acceptors (Lipinski definition) is 4. The predicted octanol–water partition coefficient (Wildman–Crippen LogP) is 2.85. The number of ether oxygens (including phenoxy) is 1. The van der Waals surface area contributed by atoms with Gasteiger partial charge in [-0.3, -0.25) is 4.68 Å². The van der Waals surface area contributed by atoms with Gasteiger partial charge in [0.25, 0.3) is 0 Å². The molecule has 0 aliphatic heterocycles. The molecule has 122 valence electrons. The third-order valence-corrected chi connectivity index (χ3v) is 3.72. The molecule has 5 heteroatoms. The van der Waals surface area contributed by atoms with Crippen LogP contribution in [0.25, 0.3) is 0 Å². The first-order valence-corrected chi connectivity index (χ1v) is 8.02. The van der Waals surface area contributed by atoms with Crippen molar-refractivity contribution >= 4 is 0 Å². The summed E-state index contributed by atoms with van der Waals surface area (Å²) in [4.78, 5) is 2.11. The molecule has 0 spiro atoms. The van der Waals surface area contributed by atoms with E-state index in [-0.39, 0.29) is 0 Å². The lowest BCUT2D eigenvalue weighted by atomic mass is 10.1. The highest BCUT2D eigenvalue weighted by Gasteiger charge is 2.19. The smallest absolute Gasteiger partial charge is 0.162 e. The van der Waals surface area contributed by atoms with Gasteiger partial charge in [0, 0.05) is 6.54 Å². The van der Waals surface area contributed by atoms with E-state index in [9.17, 15) is 5.11 Å². The molecule has 0 radical (unpaired) electrons. The Morgan fingerprint density at radius 1 is 1.29 bits per heavy atom. The highest BCUT2D eigenvalue weighted by molar-refractivity contribution is 5.27. The van der Waals surface area contributed by atoms with E-state index >= 15 is 0 Å². The number of unbranched alkanes of at least 4 members (excludes halogenated alkanes) is 4. The third kappa shape index (κ3) is 6.06. The van der Waals surface area contributed by atoms with Gasteiger partial charge in [-0.25, -0.2) is 0 Å². The molecule has 1 unspecified atom stereocenters. The van der Waals surface area contributed by atoms with Crippen LogP contribution in [0.2, 0.25) is 0 Å². The van der Waals surface area contributed by atoms with Crippen LogP contribution >= 0.6 is 0 Å². The number of hydrogen-bond donors (Lipinski definition) is 1. The number of aromatic nitrogens is 2. The van der Waals surface area contributed by atoms with Crippen LogP contribution in [0.4, 0.5) is 0 Å². The zero-order valence-corrected chi connectivity index (χ0v) is 14.0. The monoisotopic (exact) mass is 297 g/mol. The molecule has 0 bridgehead atoms. The average Bonchev–Trinajstić information content (AvgIpc) is 2.87. The van der Waals surface area contributed by atoms with Crippen molar-refractivity contribution in [2.75, 3.05) is 27.7 Å². The van der Waals surface area contributed by atoms with Gasteiger partial charge in [0.15, 0.2) is 5.75 Å². The number of methoxy groups -OCH3 is 1. The second-order valence-corrected chi connectivity index (χ2v) is 5.84. The largest absolute Gasteiger partial charge is 0.493 e. The fraction of sp³-hybridized carbons (Fsp3) is 0.812. The quantitative estimate of drug-likeness (QED) is 0.638. The van der Waals surface area contributed by atoms with E-state index in [1.165, 1.54) is 25.7 Å². The van der Waals surface area contributed by atoms with Gasteiger partial charge in [-0.05, 0) is 20.5 Å². The molecule has 0 fully saturated rings. The number of nitrogens with zero attached hydrogens (tertiary/aromatic N) is 3. The van der Waals surface area contributed by atoms with Crippen molar-refractivity contribution in [3.63, 3.8) is 0 Å². The molecular formula is C16H31N3O2. The van der Waals surface area contributed by atoms with E-state index < -0.39 is 6.10 Å². The van der Waals surface area contributed by atoms with Crippen LogP contribution in [0.15, 0.2) is 6.20 Å². The van der Waals surface area contributed by atoms with E-state index in [0.717, 1.165) is 31.6 Å². The fourth-order valence-corrected chi connectivity index (χ4v) is 2.42. The molecule has 1 aromatic rings. The van der Waals surface area contributed by atoms with E-state index in [2.05, 4.69) is 16.9 Å². The van der Waals surface area contributed by atoms with Gasteiger partial charge in [0.1, 0.15) is 5.69 Å². The summed E-state index contributed by atoms with van der Waals surface area (Å²) >= 11 is 0. The van der Waals surface area contributed by atoms with E-state index in [1.54, 1.807) is 13.3 Å². The second kappa shape index (κ2) is 9.79. The summed E-state index contributed by atoms with van der Waals surface area (Å²) in [6.45, 7) is 3.86. The molecule has 0 saturated heterocycles. The Morgan fingerprint density at radius 3 is 2.62 bits per heavy atom. The molecule has 0 amide bonds. The van der Waals surface area contributed by atoms with Crippen molar-refractivity contribution < 1.29 is 9.84 Å². The molecule has 0 aromatic carbocycles. The Morgan fingerprint density at radius 2 is 2.00 bits per heavy atom. The summed E-state index contributed by atoms with van der Waals surface area (Å²) in [6, 6.07) is 0. The summed E-state index contributed by atoms with van der Waals surface area (Å²) in [5.74, 6) is 0.690. The van der Waals surface area contributed by atoms with Gasteiger partial charge >= 0.3 is 0 Å². The molecule has 1 aromatic heterocycles. The Bertz CT molecular complexity index is 391. The molecule has 5 nitrogen and oxygen atoms in total. The molecular weight excluding hydrogens is 266 g/mol. The van der Waals surface area contributed by atoms with Crippen LogP contribution in [0.1, 0.15) is 57.2 Å². The number of aliphatic hydroxyl groups is 1. The van der Waals surface area contributed by atoms with Crippen molar-refractivity contribution in [2.45, 2.75) is 58.1 Å². The van der Waals surface area contributed by atoms with Gasteiger partial charge in [0.2, 0.25) is 0 Å². The first-order valence-electron chi connectivity index (χ1n) is 8.02. The Hall–Kier alpha value is -1.07. The summed E-state index contributed by atoms with van der Waals surface area (Å²) < 4.78 is 7.21. The molecule has 1 heterocycles. The van der Waals surface area contributed by atoms with Crippen LogP contribution in [0.5, 0.6) is 5.75 Å². The molecule has 0 saturated carbocycles. The summed E-state index contributed by atoms with van der Waals surface area (Å²) in [5, 5.41) is 14.8. The van der Waals surface area contributed by atoms with Gasteiger partial charge in [-0.2, -0.15) is 5.10 Å². The fourth-order valence-electron chi connectivity index (χ4n) is 2.42. The van der Waals surface area contributed by atoms with E-state index in [1.807, 2.05) is 18.8 Å². The molecule has 0 aliphatic carbocycles. The van der Waals surface area contributed by atoms with Crippen molar-refractivity contribution in [3.05, 3.63) is 11.9 Å². The van der Waals surface area contributed by atoms with Gasteiger partial charge in [-0.1, -0.05) is 39.0 Å². The lowest BCUT2D eigenvalue weighted by Crippen LogP contribution is -2.21. The Labute approximate surface area is 128 Å². The van der Waals surface area contributed by atoms with Crippen molar-refractivity contribution in [1.29, 1.82) is 0 Å². The van der Waals surface area contributed by atoms with Crippen LogP contribution in [0.3, 0.4) is 0 Å². The minimum absolute atomic E-state index is 0.494. The first kappa shape index (κ1) is 18.0.